The molecule has 0 fully saturated rings. The van der Waals surface area contributed by atoms with Crippen LogP contribution in [0.4, 0.5) is 10.5 Å². The summed E-state index contributed by atoms with van der Waals surface area (Å²) in [5.74, 6) is -0.392. The monoisotopic (exact) mass is 571 g/mol. The van der Waals surface area contributed by atoms with Gasteiger partial charge in [0.1, 0.15) is 22.0 Å². The minimum Gasteiger partial charge on any atom is -0.439 e. The number of nitrogens with zero attached hydrogens (tertiary/aromatic N) is 6. The highest BCUT2D eigenvalue weighted by atomic mass is 32.1. The zero-order chi connectivity index (χ0) is 29.0. The molecule has 5 aromatic rings. The lowest BCUT2D eigenvalue weighted by molar-refractivity contribution is -0.0385. The van der Waals surface area contributed by atoms with Crippen molar-refractivity contribution in [2.75, 3.05) is 11.9 Å². The van der Waals surface area contributed by atoms with Gasteiger partial charge in [0.15, 0.2) is 0 Å². The predicted octanol–water partition coefficient (Wildman–Crippen LogP) is 5.34. The molecule has 11 nitrogen and oxygen atoms in total. The second kappa shape index (κ2) is 11.8. The molecule has 0 radical (unpaired) electrons. The molecule has 0 aliphatic heterocycles. The average molecular weight is 572 g/mol. The van der Waals surface area contributed by atoms with Crippen LogP contribution < -0.4 is 5.32 Å². The first-order valence-corrected chi connectivity index (χ1v) is 13.7. The molecule has 0 bridgehead atoms. The van der Waals surface area contributed by atoms with E-state index in [-0.39, 0.29) is 12.3 Å². The van der Waals surface area contributed by atoms with E-state index in [1.807, 2.05) is 49.4 Å². The molecule has 210 valence electrons. The molecule has 0 aliphatic carbocycles. The Balaban J connectivity index is 1.19. The van der Waals surface area contributed by atoms with Gasteiger partial charge in [0.2, 0.25) is 0 Å². The number of rotatable bonds is 9. The Morgan fingerprint density at radius 2 is 1.90 bits per heavy atom. The van der Waals surface area contributed by atoms with E-state index in [0.29, 0.717) is 34.3 Å². The van der Waals surface area contributed by atoms with E-state index in [0.717, 1.165) is 10.2 Å². The van der Waals surface area contributed by atoms with Crippen molar-refractivity contribution in [1.29, 1.82) is 0 Å². The van der Waals surface area contributed by atoms with E-state index in [1.165, 1.54) is 29.3 Å². The highest BCUT2D eigenvalue weighted by Gasteiger charge is 2.25. The van der Waals surface area contributed by atoms with Crippen LogP contribution in [0.15, 0.2) is 72.6 Å². The van der Waals surface area contributed by atoms with Crippen LogP contribution in [0.3, 0.4) is 0 Å². The van der Waals surface area contributed by atoms with Crippen molar-refractivity contribution in [3.8, 4) is 22.0 Å². The molecular formula is C29H29N7O4S. The quantitative estimate of drug-likeness (QED) is 0.251. The summed E-state index contributed by atoms with van der Waals surface area (Å²) in [6, 6.07) is 13.5. The van der Waals surface area contributed by atoms with E-state index >= 15 is 0 Å². The largest absolute Gasteiger partial charge is 0.439 e. The molecule has 1 N–H and O–H groups in total. The number of anilines is 1. The summed E-state index contributed by atoms with van der Waals surface area (Å²) in [4.78, 5) is 34.5. The normalized spacial score (nSPS) is 11.4. The number of hydrogen-bond donors (Lipinski definition) is 1. The zero-order valence-electron chi connectivity index (χ0n) is 23.1. The molecule has 4 heterocycles. The number of carbonyl (C=O) groups excluding carboxylic acids is 2. The Morgan fingerprint density at radius 1 is 1.10 bits per heavy atom. The van der Waals surface area contributed by atoms with Crippen molar-refractivity contribution < 1.29 is 19.1 Å². The van der Waals surface area contributed by atoms with Crippen LogP contribution >= 0.6 is 11.3 Å². The lowest BCUT2D eigenvalue weighted by Gasteiger charge is -2.24. The Morgan fingerprint density at radius 3 is 2.66 bits per heavy atom. The van der Waals surface area contributed by atoms with Crippen LogP contribution in [0.5, 0.6) is 0 Å². The number of aromatic nitrogens is 6. The number of thiazole rings is 1. The number of pyridine rings is 1. The molecule has 1 aromatic carbocycles. The van der Waals surface area contributed by atoms with Gasteiger partial charge in [-0.2, -0.15) is 14.9 Å². The molecule has 5 rings (SSSR count). The summed E-state index contributed by atoms with van der Waals surface area (Å²) in [5.41, 5.74) is 3.87. The summed E-state index contributed by atoms with van der Waals surface area (Å²) in [5, 5.41) is 13.6. The summed E-state index contributed by atoms with van der Waals surface area (Å²) >= 11 is 1.26. The summed E-state index contributed by atoms with van der Waals surface area (Å²) < 4.78 is 14.1. The third kappa shape index (κ3) is 6.91. The van der Waals surface area contributed by atoms with Gasteiger partial charge in [-0.25, -0.2) is 9.78 Å². The van der Waals surface area contributed by atoms with E-state index < -0.39 is 17.6 Å². The van der Waals surface area contributed by atoms with Crippen LogP contribution in [0, 0.1) is 6.92 Å². The van der Waals surface area contributed by atoms with Gasteiger partial charge in [-0.3, -0.25) is 14.5 Å². The van der Waals surface area contributed by atoms with Gasteiger partial charge in [0.25, 0.3) is 5.91 Å². The van der Waals surface area contributed by atoms with Crippen molar-refractivity contribution in [2.24, 2.45) is 7.05 Å². The fourth-order valence-electron chi connectivity index (χ4n) is 3.91. The lowest BCUT2D eigenvalue weighted by atomic mass is 10.1. The maximum Gasteiger partial charge on any atom is 0.435 e. The number of aryl methyl sites for hydroxylation is 2. The first-order valence-electron chi connectivity index (χ1n) is 12.8. The van der Waals surface area contributed by atoms with Gasteiger partial charge < -0.3 is 14.8 Å². The van der Waals surface area contributed by atoms with Crippen molar-refractivity contribution >= 4 is 29.0 Å². The molecule has 0 saturated carbocycles. The van der Waals surface area contributed by atoms with Crippen LogP contribution in [0.25, 0.3) is 22.0 Å². The second-order valence-corrected chi connectivity index (χ2v) is 10.9. The molecule has 0 spiro atoms. The molecule has 0 unspecified atom stereocenters. The first kappa shape index (κ1) is 27.9. The first-order chi connectivity index (χ1) is 19.7. The van der Waals surface area contributed by atoms with Crippen molar-refractivity contribution in [2.45, 2.75) is 33.0 Å². The molecular weight excluding hydrogens is 542 g/mol. The Hall–Kier alpha value is -4.68. The van der Waals surface area contributed by atoms with E-state index in [9.17, 15) is 9.59 Å². The summed E-state index contributed by atoms with van der Waals surface area (Å²) in [6.45, 7) is 6.21. The van der Waals surface area contributed by atoms with Gasteiger partial charge in [0, 0.05) is 36.6 Å². The van der Waals surface area contributed by atoms with Gasteiger partial charge >= 0.3 is 6.09 Å². The minimum atomic E-state index is -0.874. The summed E-state index contributed by atoms with van der Waals surface area (Å²) in [6.07, 6.45) is 5.75. The second-order valence-electron chi connectivity index (χ2n) is 10.1. The van der Waals surface area contributed by atoms with Gasteiger partial charge in [-0.05, 0) is 38.5 Å². The maximum absolute atomic E-state index is 13.0. The fraction of sp³-hybridized carbons (Fsp3) is 0.241. The number of benzene rings is 1. The Bertz CT molecular complexity index is 1660. The molecule has 0 atom stereocenters. The summed E-state index contributed by atoms with van der Waals surface area (Å²) in [7, 11) is 1.77. The average Bonchev–Trinajstić information content (AvgIpc) is 3.70. The van der Waals surface area contributed by atoms with Gasteiger partial charge in [-0.1, -0.05) is 35.9 Å². The molecule has 0 aliphatic rings. The van der Waals surface area contributed by atoms with Crippen molar-refractivity contribution in [1.82, 2.24) is 29.5 Å². The highest BCUT2D eigenvalue weighted by Crippen LogP contribution is 2.27. The molecule has 41 heavy (non-hydrogen) atoms. The van der Waals surface area contributed by atoms with Crippen LogP contribution in [0.1, 0.15) is 35.5 Å². The van der Waals surface area contributed by atoms with Crippen LogP contribution in [-0.2, 0) is 23.1 Å². The molecule has 1 amide bonds. The number of nitrogens with one attached hydrogen (secondary N) is 1. The van der Waals surface area contributed by atoms with E-state index in [1.54, 1.807) is 43.4 Å². The topological polar surface area (TPSA) is 126 Å². The number of amides is 1. The van der Waals surface area contributed by atoms with Crippen molar-refractivity contribution in [3.63, 3.8) is 0 Å². The third-order valence-electron chi connectivity index (χ3n) is 5.94. The van der Waals surface area contributed by atoms with Crippen molar-refractivity contribution in [3.05, 3.63) is 89.5 Å². The lowest BCUT2D eigenvalue weighted by Crippen LogP contribution is -2.35. The smallest absolute Gasteiger partial charge is 0.435 e. The number of carbonyl (C=O) groups is 2. The predicted molar refractivity (Wildman–Crippen MR) is 155 cm³/mol. The Kier molecular flexibility index (Phi) is 8.04. The number of ether oxygens (including phenoxy) is 2. The van der Waals surface area contributed by atoms with Crippen LogP contribution in [-0.4, -0.2) is 53.7 Å². The molecule has 0 saturated heterocycles. The van der Waals surface area contributed by atoms with E-state index in [2.05, 4.69) is 25.5 Å². The zero-order valence-corrected chi connectivity index (χ0v) is 23.9. The highest BCUT2D eigenvalue weighted by molar-refractivity contribution is 7.13. The van der Waals surface area contributed by atoms with E-state index in [4.69, 9.17) is 9.47 Å². The Labute approximate surface area is 240 Å². The standard InChI is InChI=1S/C29H29N7O4S/c1-19-8-10-20(11-9-19)16-39-18-29(2,3)40-28(38)36-14-21(13-31-36)27-33-24(17-41-27)26(37)32-23-15-35(4)34-25(23)22-7-5-6-12-30-22/h5-15,17H,16,18H2,1-4H3,(H,32,37). The molecule has 12 heteroatoms. The van der Waals surface area contributed by atoms with Crippen LogP contribution in [0.2, 0.25) is 0 Å². The number of hydrogen-bond acceptors (Lipinski definition) is 9. The minimum absolute atomic E-state index is 0.213. The van der Waals surface area contributed by atoms with Gasteiger partial charge in [0.05, 0.1) is 30.8 Å². The third-order valence-corrected chi connectivity index (χ3v) is 6.83. The molecule has 4 aromatic heterocycles. The maximum atomic E-state index is 13.0. The SMILES string of the molecule is Cc1ccc(COCC(C)(C)OC(=O)n2cc(-c3nc(C(=O)Nc4cn(C)nc4-c4ccccn4)cs3)cn2)cc1. The fourth-order valence-corrected chi connectivity index (χ4v) is 4.69. The van der Waals surface area contributed by atoms with Gasteiger partial charge in [-0.15, -0.1) is 11.3 Å².